The number of nitrogens with one attached hydrogen (secondary N) is 1. The van der Waals surface area contributed by atoms with Crippen molar-refractivity contribution in [2.75, 3.05) is 6.61 Å². The van der Waals surface area contributed by atoms with Gasteiger partial charge in [0.25, 0.3) is 0 Å². The Morgan fingerprint density at radius 3 is 2.65 bits per heavy atom. The van der Waals surface area contributed by atoms with Gasteiger partial charge >= 0.3 is 0 Å². The third-order valence-corrected chi connectivity index (χ3v) is 3.42. The van der Waals surface area contributed by atoms with E-state index in [1.165, 1.54) is 4.88 Å². The molecule has 0 fully saturated rings. The number of nitrogens with zero attached hydrogens (tertiary/aromatic N) is 1. The molecule has 0 amide bonds. The summed E-state index contributed by atoms with van der Waals surface area (Å²) in [5, 5.41) is 4.57. The van der Waals surface area contributed by atoms with Crippen molar-refractivity contribution in [3.05, 3.63) is 15.6 Å². The van der Waals surface area contributed by atoms with Crippen LogP contribution in [0.2, 0.25) is 0 Å². The van der Waals surface area contributed by atoms with Crippen LogP contribution in [0, 0.1) is 6.92 Å². The van der Waals surface area contributed by atoms with E-state index in [1.807, 2.05) is 0 Å². The minimum atomic E-state index is 0.148. The molecule has 98 valence electrons. The Labute approximate surface area is 109 Å². The molecule has 0 spiro atoms. The van der Waals surface area contributed by atoms with Crippen LogP contribution < -0.4 is 5.32 Å². The standard InChI is InChI=1S/C13H24N2OS/c1-6-7-16-9-12-15-10(2)11(17-12)8-14-13(3,4)5/h14H,6-9H2,1-5H3. The molecule has 0 aliphatic carbocycles. The van der Waals surface area contributed by atoms with Crippen LogP contribution in [0.25, 0.3) is 0 Å². The monoisotopic (exact) mass is 256 g/mol. The Kier molecular flexibility index (Phi) is 5.56. The summed E-state index contributed by atoms with van der Waals surface area (Å²) >= 11 is 1.75. The third-order valence-electron chi connectivity index (χ3n) is 2.29. The fourth-order valence-corrected chi connectivity index (χ4v) is 2.31. The highest BCUT2D eigenvalue weighted by Crippen LogP contribution is 2.19. The highest BCUT2D eigenvalue weighted by Gasteiger charge is 2.12. The van der Waals surface area contributed by atoms with Gasteiger partial charge in [0.05, 0.1) is 12.3 Å². The van der Waals surface area contributed by atoms with Crippen molar-refractivity contribution < 1.29 is 4.74 Å². The minimum Gasteiger partial charge on any atom is -0.374 e. The van der Waals surface area contributed by atoms with E-state index >= 15 is 0 Å². The summed E-state index contributed by atoms with van der Waals surface area (Å²) in [4.78, 5) is 5.85. The van der Waals surface area contributed by atoms with Gasteiger partial charge in [-0.2, -0.15) is 0 Å². The predicted octanol–water partition coefficient (Wildman–Crippen LogP) is 3.27. The first-order chi connectivity index (χ1) is 7.92. The summed E-state index contributed by atoms with van der Waals surface area (Å²) in [6, 6.07) is 0. The smallest absolute Gasteiger partial charge is 0.119 e. The normalized spacial score (nSPS) is 12.1. The van der Waals surface area contributed by atoms with Gasteiger partial charge in [-0.15, -0.1) is 11.3 Å². The molecular formula is C13H24N2OS. The lowest BCUT2D eigenvalue weighted by Gasteiger charge is -2.19. The SMILES string of the molecule is CCCOCc1nc(C)c(CNC(C)(C)C)s1. The largest absolute Gasteiger partial charge is 0.374 e. The topological polar surface area (TPSA) is 34.1 Å². The van der Waals surface area contributed by atoms with Crippen molar-refractivity contribution in [3.8, 4) is 0 Å². The average molecular weight is 256 g/mol. The predicted molar refractivity (Wildman–Crippen MR) is 73.4 cm³/mol. The summed E-state index contributed by atoms with van der Waals surface area (Å²) in [5.41, 5.74) is 1.27. The molecule has 1 rings (SSSR count). The van der Waals surface area contributed by atoms with Crippen molar-refractivity contribution in [1.29, 1.82) is 0 Å². The molecule has 1 N–H and O–H groups in total. The molecule has 0 aliphatic heterocycles. The Bertz CT molecular complexity index is 342. The number of aryl methyl sites for hydroxylation is 1. The first kappa shape index (κ1) is 14.6. The molecule has 0 radical (unpaired) electrons. The van der Waals surface area contributed by atoms with Gasteiger partial charge in [-0.25, -0.2) is 4.98 Å². The van der Waals surface area contributed by atoms with Gasteiger partial charge in [0.15, 0.2) is 0 Å². The molecule has 0 atom stereocenters. The maximum Gasteiger partial charge on any atom is 0.119 e. The maximum absolute atomic E-state index is 5.51. The maximum atomic E-state index is 5.51. The van der Waals surface area contributed by atoms with Crippen LogP contribution in [0.5, 0.6) is 0 Å². The van der Waals surface area contributed by atoms with E-state index < -0.39 is 0 Å². The molecule has 1 aromatic rings. The van der Waals surface area contributed by atoms with E-state index in [0.29, 0.717) is 6.61 Å². The van der Waals surface area contributed by atoms with Crippen LogP contribution in [0.4, 0.5) is 0 Å². The van der Waals surface area contributed by atoms with Gasteiger partial charge in [0, 0.05) is 23.6 Å². The van der Waals surface area contributed by atoms with Crippen LogP contribution in [-0.2, 0) is 17.9 Å². The first-order valence-corrected chi connectivity index (χ1v) is 7.02. The van der Waals surface area contributed by atoms with Crippen LogP contribution in [-0.4, -0.2) is 17.1 Å². The molecule has 4 heteroatoms. The molecule has 0 bridgehead atoms. The molecule has 1 aromatic heterocycles. The Balaban J connectivity index is 2.50. The summed E-state index contributed by atoms with van der Waals surface area (Å²) < 4.78 is 5.51. The van der Waals surface area contributed by atoms with Gasteiger partial charge in [0.1, 0.15) is 5.01 Å². The number of thiazole rings is 1. The third kappa shape index (κ3) is 5.61. The molecular weight excluding hydrogens is 232 g/mol. The average Bonchev–Trinajstić information content (AvgIpc) is 2.56. The Morgan fingerprint density at radius 1 is 1.35 bits per heavy atom. The number of rotatable bonds is 6. The zero-order valence-electron chi connectivity index (χ0n) is 11.6. The molecule has 0 aliphatic rings. The van der Waals surface area contributed by atoms with Crippen LogP contribution in [0.1, 0.15) is 49.7 Å². The van der Waals surface area contributed by atoms with E-state index in [1.54, 1.807) is 11.3 Å². The van der Waals surface area contributed by atoms with Gasteiger partial charge in [-0.1, -0.05) is 6.92 Å². The first-order valence-electron chi connectivity index (χ1n) is 6.20. The zero-order chi connectivity index (χ0) is 12.9. The van der Waals surface area contributed by atoms with Crippen molar-refractivity contribution >= 4 is 11.3 Å². The van der Waals surface area contributed by atoms with Gasteiger partial charge in [-0.3, -0.25) is 0 Å². The van der Waals surface area contributed by atoms with E-state index in [-0.39, 0.29) is 5.54 Å². The van der Waals surface area contributed by atoms with Gasteiger partial charge < -0.3 is 10.1 Å². The molecule has 3 nitrogen and oxygen atoms in total. The lowest BCUT2D eigenvalue weighted by atomic mass is 10.1. The van der Waals surface area contributed by atoms with E-state index in [4.69, 9.17) is 4.74 Å². The molecule has 0 aromatic carbocycles. The van der Waals surface area contributed by atoms with Crippen LogP contribution >= 0.6 is 11.3 Å². The number of ether oxygens (including phenoxy) is 1. The summed E-state index contributed by atoms with van der Waals surface area (Å²) in [6.45, 7) is 13.1. The van der Waals surface area contributed by atoms with Crippen molar-refractivity contribution in [3.63, 3.8) is 0 Å². The lowest BCUT2D eigenvalue weighted by Crippen LogP contribution is -2.34. The second-order valence-corrected chi connectivity index (χ2v) is 6.44. The highest BCUT2D eigenvalue weighted by molar-refractivity contribution is 7.11. The lowest BCUT2D eigenvalue weighted by molar-refractivity contribution is 0.121. The second-order valence-electron chi connectivity index (χ2n) is 5.27. The molecule has 0 unspecified atom stereocenters. The van der Waals surface area contributed by atoms with Crippen molar-refractivity contribution in [2.45, 2.75) is 59.7 Å². The quantitative estimate of drug-likeness (QED) is 0.793. The highest BCUT2D eigenvalue weighted by atomic mass is 32.1. The van der Waals surface area contributed by atoms with Crippen molar-refractivity contribution in [2.24, 2.45) is 0 Å². The molecule has 1 heterocycles. The Hall–Kier alpha value is -0.450. The molecule has 17 heavy (non-hydrogen) atoms. The van der Waals surface area contributed by atoms with Crippen LogP contribution in [0.3, 0.4) is 0 Å². The van der Waals surface area contributed by atoms with Gasteiger partial charge in [-0.05, 0) is 34.1 Å². The fraction of sp³-hybridized carbons (Fsp3) is 0.769. The molecule has 0 saturated heterocycles. The van der Waals surface area contributed by atoms with Crippen LogP contribution in [0.15, 0.2) is 0 Å². The van der Waals surface area contributed by atoms with Gasteiger partial charge in [0.2, 0.25) is 0 Å². The fourth-order valence-electron chi connectivity index (χ4n) is 1.36. The number of aromatic nitrogens is 1. The van der Waals surface area contributed by atoms with E-state index in [0.717, 1.165) is 30.3 Å². The number of hydrogen-bond acceptors (Lipinski definition) is 4. The number of hydrogen-bond donors (Lipinski definition) is 1. The Morgan fingerprint density at radius 2 is 2.06 bits per heavy atom. The van der Waals surface area contributed by atoms with E-state index in [2.05, 4.69) is 44.9 Å². The molecule has 0 saturated carbocycles. The second kappa shape index (κ2) is 6.47. The van der Waals surface area contributed by atoms with E-state index in [9.17, 15) is 0 Å². The zero-order valence-corrected chi connectivity index (χ0v) is 12.4. The summed E-state index contributed by atoms with van der Waals surface area (Å²) in [5.74, 6) is 0. The van der Waals surface area contributed by atoms with Crippen molar-refractivity contribution in [1.82, 2.24) is 10.3 Å². The summed E-state index contributed by atoms with van der Waals surface area (Å²) in [7, 11) is 0. The minimum absolute atomic E-state index is 0.148. The summed E-state index contributed by atoms with van der Waals surface area (Å²) in [6.07, 6.45) is 1.06.